The molecule has 7 heteroatoms. The van der Waals surface area contributed by atoms with E-state index in [0.717, 1.165) is 17.1 Å². The van der Waals surface area contributed by atoms with Crippen molar-refractivity contribution in [3.63, 3.8) is 0 Å². The zero-order valence-electron chi connectivity index (χ0n) is 10.3. The lowest BCUT2D eigenvalue weighted by Gasteiger charge is -2.25. The maximum atomic E-state index is 12.0. The van der Waals surface area contributed by atoms with Crippen molar-refractivity contribution in [2.45, 2.75) is 19.8 Å². The highest BCUT2D eigenvalue weighted by atomic mass is 32.2. The smallest absolute Gasteiger partial charge is 0.318 e. The average Bonchev–Trinajstić information content (AvgIpc) is 2.24. The van der Waals surface area contributed by atoms with Gasteiger partial charge in [0.15, 0.2) is 0 Å². The molecule has 0 saturated carbocycles. The monoisotopic (exact) mass is 264 g/mol. The van der Waals surface area contributed by atoms with E-state index in [2.05, 4.69) is 6.58 Å². The molecule has 0 aliphatic rings. The van der Waals surface area contributed by atoms with Crippen LogP contribution >= 0.6 is 0 Å². The largest absolute Gasteiger partial charge is 0.480 e. The van der Waals surface area contributed by atoms with Crippen LogP contribution in [0.25, 0.3) is 0 Å². The average molecular weight is 264 g/mol. The van der Waals surface area contributed by atoms with Crippen LogP contribution < -0.4 is 0 Å². The zero-order chi connectivity index (χ0) is 13.5. The first-order valence-electron chi connectivity index (χ1n) is 5.40. The minimum absolute atomic E-state index is 0.00883. The van der Waals surface area contributed by atoms with Crippen molar-refractivity contribution < 1.29 is 18.3 Å². The van der Waals surface area contributed by atoms with E-state index in [1.807, 2.05) is 6.92 Å². The van der Waals surface area contributed by atoms with Gasteiger partial charge in [-0.2, -0.15) is 17.0 Å². The van der Waals surface area contributed by atoms with Crippen molar-refractivity contribution in [2.75, 3.05) is 26.7 Å². The molecule has 0 unspecified atom stereocenters. The number of hydrogen-bond acceptors (Lipinski definition) is 3. The molecule has 0 fully saturated rings. The van der Waals surface area contributed by atoms with E-state index in [4.69, 9.17) is 5.11 Å². The van der Waals surface area contributed by atoms with E-state index in [-0.39, 0.29) is 6.54 Å². The molecule has 0 heterocycles. The molecular weight excluding hydrogens is 244 g/mol. The van der Waals surface area contributed by atoms with Gasteiger partial charge in [-0.25, -0.2) is 0 Å². The highest BCUT2D eigenvalue weighted by molar-refractivity contribution is 7.86. The lowest BCUT2D eigenvalue weighted by Crippen LogP contribution is -2.44. The molecular formula is C10H20N2O4S. The molecule has 0 aliphatic heterocycles. The van der Waals surface area contributed by atoms with Gasteiger partial charge in [-0.3, -0.25) is 4.79 Å². The first-order valence-corrected chi connectivity index (χ1v) is 6.80. The van der Waals surface area contributed by atoms with Gasteiger partial charge in [0.05, 0.1) is 0 Å². The Morgan fingerprint density at radius 2 is 2.06 bits per heavy atom. The standard InChI is InChI=1S/C10H20N2O4S/c1-4-6-8-11(3)17(15,16)12(7-5-2)9-10(13)14/h5H,2,4,6-9H2,1,3H3,(H,13,14). The Kier molecular flexibility index (Phi) is 7.01. The first kappa shape index (κ1) is 16.1. The molecule has 0 radical (unpaired) electrons. The molecule has 0 bridgehead atoms. The summed E-state index contributed by atoms with van der Waals surface area (Å²) in [5.41, 5.74) is 0. The fourth-order valence-electron chi connectivity index (χ4n) is 1.23. The zero-order valence-corrected chi connectivity index (χ0v) is 11.1. The first-order chi connectivity index (χ1) is 7.86. The van der Waals surface area contributed by atoms with Gasteiger partial charge in [0.25, 0.3) is 10.2 Å². The summed E-state index contributed by atoms with van der Waals surface area (Å²) in [6.07, 6.45) is 2.99. The van der Waals surface area contributed by atoms with Crippen LogP contribution in [0.4, 0.5) is 0 Å². The topological polar surface area (TPSA) is 77.9 Å². The van der Waals surface area contributed by atoms with Crippen LogP contribution in [0.3, 0.4) is 0 Å². The second-order valence-corrected chi connectivity index (χ2v) is 5.69. The highest BCUT2D eigenvalue weighted by Gasteiger charge is 2.27. The van der Waals surface area contributed by atoms with Crippen LogP contribution in [-0.4, -0.2) is 54.8 Å². The lowest BCUT2D eigenvalue weighted by molar-refractivity contribution is -0.137. The van der Waals surface area contributed by atoms with Crippen molar-refractivity contribution in [1.29, 1.82) is 0 Å². The summed E-state index contributed by atoms with van der Waals surface area (Å²) in [7, 11) is -2.27. The van der Waals surface area contributed by atoms with Gasteiger partial charge in [-0.1, -0.05) is 19.4 Å². The predicted octanol–water partition coefficient (Wildman–Crippen LogP) is 0.536. The van der Waals surface area contributed by atoms with Gasteiger partial charge in [-0.15, -0.1) is 6.58 Å². The molecule has 0 amide bonds. The summed E-state index contributed by atoms with van der Waals surface area (Å²) in [5, 5.41) is 8.67. The number of carboxylic acids is 1. The molecule has 0 aromatic heterocycles. The summed E-state index contributed by atoms with van der Waals surface area (Å²) in [6.45, 7) is 5.20. The summed E-state index contributed by atoms with van der Waals surface area (Å²) < 4.78 is 26.1. The van der Waals surface area contributed by atoms with Gasteiger partial charge in [0, 0.05) is 20.1 Å². The summed E-state index contributed by atoms with van der Waals surface area (Å²) >= 11 is 0. The Balaban J connectivity index is 4.80. The molecule has 1 N–H and O–H groups in total. The van der Waals surface area contributed by atoms with Crippen molar-refractivity contribution >= 4 is 16.2 Å². The minimum Gasteiger partial charge on any atom is -0.480 e. The molecule has 0 aromatic rings. The Morgan fingerprint density at radius 1 is 1.47 bits per heavy atom. The van der Waals surface area contributed by atoms with Crippen molar-refractivity contribution in [2.24, 2.45) is 0 Å². The Hall–Kier alpha value is -0.920. The molecule has 0 atom stereocenters. The number of nitrogens with zero attached hydrogens (tertiary/aromatic N) is 2. The summed E-state index contributed by atoms with van der Waals surface area (Å²) in [6, 6.07) is 0. The maximum absolute atomic E-state index is 12.0. The molecule has 0 aliphatic carbocycles. The second kappa shape index (κ2) is 7.41. The number of carbonyl (C=O) groups is 1. The third kappa shape index (κ3) is 5.29. The molecule has 17 heavy (non-hydrogen) atoms. The Labute approximate surface area is 103 Å². The number of rotatable bonds is 9. The molecule has 100 valence electrons. The fraction of sp³-hybridized carbons (Fsp3) is 0.700. The van der Waals surface area contributed by atoms with Crippen LogP contribution in [0, 0.1) is 0 Å². The lowest BCUT2D eigenvalue weighted by atomic mass is 10.3. The molecule has 0 saturated heterocycles. The van der Waals surface area contributed by atoms with Gasteiger partial charge in [0.1, 0.15) is 6.54 Å². The van der Waals surface area contributed by atoms with Gasteiger partial charge < -0.3 is 5.11 Å². The van der Waals surface area contributed by atoms with E-state index in [9.17, 15) is 13.2 Å². The number of hydrogen-bond donors (Lipinski definition) is 1. The van der Waals surface area contributed by atoms with Crippen molar-refractivity contribution in [3.05, 3.63) is 12.7 Å². The van der Waals surface area contributed by atoms with Crippen molar-refractivity contribution in [3.8, 4) is 0 Å². The van der Waals surface area contributed by atoms with E-state index in [1.165, 1.54) is 17.4 Å². The maximum Gasteiger partial charge on any atom is 0.318 e. The van der Waals surface area contributed by atoms with Crippen molar-refractivity contribution in [1.82, 2.24) is 8.61 Å². The van der Waals surface area contributed by atoms with E-state index >= 15 is 0 Å². The number of carboxylic acid groups (broad SMARTS) is 1. The third-order valence-corrected chi connectivity index (χ3v) is 4.09. The summed E-state index contributed by atoms with van der Waals surface area (Å²) in [5.74, 6) is -1.18. The van der Waals surface area contributed by atoms with Gasteiger partial charge in [-0.05, 0) is 6.42 Å². The van der Waals surface area contributed by atoms with Crippen LogP contribution in [0.5, 0.6) is 0 Å². The number of aliphatic carboxylic acids is 1. The fourth-order valence-corrected chi connectivity index (χ4v) is 2.55. The third-order valence-electron chi connectivity index (χ3n) is 2.19. The van der Waals surface area contributed by atoms with Crippen LogP contribution in [-0.2, 0) is 15.0 Å². The van der Waals surface area contributed by atoms with Crippen LogP contribution in [0.2, 0.25) is 0 Å². The number of unbranched alkanes of at least 4 members (excludes halogenated alkanes) is 1. The molecule has 0 spiro atoms. The second-order valence-electron chi connectivity index (χ2n) is 3.66. The SMILES string of the molecule is C=CCN(CC(=O)O)S(=O)(=O)N(C)CCCC. The molecule has 0 aromatic carbocycles. The molecule has 0 rings (SSSR count). The van der Waals surface area contributed by atoms with E-state index < -0.39 is 22.7 Å². The van der Waals surface area contributed by atoms with E-state index in [0.29, 0.717) is 6.54 Å². The highest BCUT2D eigenvalue weighted by Crippen LogP contribution is 2.07. The quantitative estimate of drug-likeness (QED) is 0.616. The van der Waals surface area contributed by atoms with Gasteiger partial charge >= 0.3 is 5.97 Å². The molecule has 6 nitrogen and oxygen atoms in total. The van der Waals surface area contributed by atoms with Gasteiger partial charge in [0.2, 0.25) is 0 Å². The Morgan fingerprint density at radius 3 is 2.47 bits per heavy atom. The van der Waals surface area contributed by atoms with Crippen LogP contribution in [0.15, 0.2) is 12.7 Å². The summed E-state index contributed by atoms with van der Waals surface area (Å²) in [4.78, 5) is 10.6. The normalized spacial score (nSPS) is 12.0. The predicted molar refractivity (Wildman–Crippen MR) is 65.9 cm³/mol. The minimum atomic E-state index is -3.72. The van der Waals surface area contributed by atoms with E-state index in [1.54, 1.807) is 0 Å². The Bertz CT molecular complexity index is 353. The van der Waals surface area contributed by atoms with Crippen LogP contribution in [0.1, 0.15) is 19.8 Å².